The van der Waals surface area contributed by atoms with Gasteiger partial charge in [-0.3, -0.25) is 9.59 Å². The molecule has 10 nitrogen and oxygen atoms in total. The fraction of sp³-hybridized carbons (Fsp3) is 0.333. The lowest BCUT2D eigenvalue weighted by Crippen LogP contribution is -2.23. The predicted molar refractivity (Wildman–Crippen MR) is 125 cm³/mol. The van der Waals surface area contributed by atoms with Crippen molar-refractivity contribution in [2.45, 2.75) is 31.5 Å². The van der Waals surface area contributed by atoms with Crippen molar-refractivity contribution < 1.29 is 33.0 Å². The number of nitrogens with zero attached hydrogens (tertiary/aromatic N) is 4. The number of aromatic nitrogens is 4. The van der Waals surface area contributed by atoms with E-state index in [-0.39, 0.29) is 35.1 Å². The summed E-state index contributed by atoms with van der Waals surface area (Å²) in [5.74, 6) is -1.45. The van der Waals surface area contributed by atoms with Crippen molar-refractivity contribution in [3.8, 4) is 0 Å². The summed E-state index contributed by atoms with van der Waals surface area (Å²) in [4.78, 5) is 41.0. The van der Waals surface area contributed by atoms with Crippen LogP contribution >= 0.6 is 22.9 Å². The lowest BCUT2D eigenvalue weighted by atomic mass is 10.0. The first-order valence-corrected chi connectivity index (χ1v) is 11.5. The molecule has 3 aromatic heterocycles. The summed E-state index contributed by atoms with van der Waals surface area (Å²) >= 11 is 6.53. The Morgan fingerprint density at radius 3 is 2.58 bits per heavy atom. The Labute approximate surface area is 211 Å². The first-order chi connectivity index (χ1) is 17.0. The van der Waals surface area contributed by atoms with Crippen LogP contribution < -0.4 is 10.6 Å². The van der Waals surface area contributed by atoms with E-state index in [1.807, 2.05) is 0 Å². The maximum atomic E-state index is 13.0. The molecular formula is C21H20ClF3N6O4S. The average Bonchev–Trinajstić information content (AvgIpc) is 3.34. The topological polar surface area (TPSA) is 150 Å². The Morgan fingerprint density at radius 1 is 1.14 bits per heavy atom. The number of alkyl halides is 3. The molecule has 3 heterocycles. The van der Waals surface area contributed by atoms with E-state index in [4.69, 9.17) is 16.7 Å². The highest BCUT2D eigenvalue weighted by Gasteiger charge is 2.34. The van der Waals surface area contributed by atoms with Gasteiger partial charge in [-0.15, -0.1) is 11.3 Å². The summed E-state index contributed by atoms with van der Waals surface area (Å²) in [6.45, 7) is 1.33. The van der Waals surface area contributed by atoms with Gasteiger partial charge in [0.2, 0.25) is 0 Å². The molecule has 0 saturated heterocycles. The van der Waals surface area contributed by atoms with Crippen molar-refractivity contribution in [3.05, 3.63) is 57.0 Å². The number of carbonyl (C=O) groups excluding carboxylic acids is 2. The van der Waals surface area contributed by atoms with Gasteiger partial charge < -0.3 is 20.8 Å². The number of carbonyl (C=O) groups is 2. The van der Waals surface area contributed by atoms with Gasteiger partial charge in [-0.05, 0) is 6.07 Å². The predicted octanol–water partition coefficient (Wildman–Crippen LogP) is 3.39. The summed E-state index contributed by atoms with van der Waals surface area (Å²) in [5.41, 5.74) is -0.999. The van der Waals surface area contributed by atoms with Gasteiger partial charge in [-0.1, -0.05) is 18.5 Å². The molecule has 4 N–H and O–H groups in total. The summed E-state index contributed by atoms with van der Waals surface area (Å²) < 4.78 is 39.1. The number of aliphatic hydroxyl groups is 2. The number of anilines is 2. The molecule has 0 aliphatic heterocycles. The third kappa shape index (κ3) is 7.16. The number of Topliss-reactive ketones (excluding diaryl/α,β-unsaturated/α-hetero) is 1. The minimum atomic E-state index is -4.71. The second-order valence-corrected chi connectivity index (χ2v) is 9.07. The highest BCUT2D eigenvalue weighted by molar-refractivity contribution is 7.13. The molecule has 0 fully saturated rings. The van der Waals surface area contributed by atoms with Crippen LogP contribution in [0.15, 0.2) is 30.9 Å². The number of hydrogen-bond donors (Lipinski definition) is 4. The van der Waals surface area contributed by atoms with Crippen molar-refractivity contribution in [2.75, 3.05) is 23.8 Å². The monoisotopic (exact) mass is 544 g/mol. The number of thiazole rings is 1. The summed E-state index contributed by atoms with van der Waals surface area (Å²) in [6.07, 6.45) is -2.44. The molecular weight excluding hydrogens is 525 g/mol. The van der Waals surface area contributed by atoms with E-state index in [1.165, 1.54) is 18.6 Å². The summed E-state index contributed by atoms with van der Waals surface area (Å²) in [7, 11) is 0. The number of ketones is 1. The molecule has 3 aromatic rings. The second-order valence-electron chi connectivity index (χ2n) is 7.60. The van der Waals surface area contributed by atoms with E-state index < -0.39 is 41.3 Å². The third-order valence-corrected chi connectivity index (χ3v) is 6.27. The van der Waals surface area contributed by atoms with Crippen molar-refractivity contribution in [3.63, 3.8) is 0 Å². The van der Waals surface area contributed by atoms with Crippen molar-refractivity contribution >= 4 is 46.3 Å². The van der Waals surface area contributed by atoms with E-state index in [9.17, 15) is 27.9 Å². The molecule has 1 amide bonds. The van der Waals surface area contributed by atoms with Gasteiger partial charge >= 0.3 is 6.18 Å². The van der Waals surface area contributed by atoms with Crippen molar-refractivity contribution in [2.24, 2.45) is 0 Å². The lowest BCUT2D eigenvalue weighted by molar-refractivity contribution is -0.137. The molecule has 0 aromatic carbocycles. The van der Waals surface area contributed by atoms with E-state index in [1.54, 1.807) is 6.92 Å². The molecule has 0 radical (unpaired) electrons. The van der Waals surface area contributed by atoms with Crippen LogP contribution in [-0.2, 0) is 6.18 Å². The van der Waals surface area contributed by atoms with Gasteiger partial charge in [-0.25, -0.2) is 19.9 Å². The summed E-state index contributed by atoms with van der Waals surface area (Å²) in [6, 6.07) is 2.05. The Morgan fingerprint density at radius 2 is 1.89 bits per heavy atom. The number of hydrogen-bond acceptors (Lipinski definition) is 10. The van der Waals surface area contributed by atoms with Gasteiger partial charge in [0.05, 0.1) is 34.5 Å². The molecule has 15 heteroatoms. The minimum absolute atomic E-state index is 0.0119. The normalized spacial score (nSPS) is 13.2. The molecule has 0 aliphatic carbocycles. The smallest absolute Gasteiger partial charge is 0.394 e. The highest BCUT2D eigenvalue weighted by atomic mass is 35.5. The lowest BCUT2D eigenvalue weighted by Gasteiger charge is -2.11. The fourth-order valence-electron chi connectivity index (χ4n) is 2.89. The van der Waals surface area contributed by atoms with Crippen LogP contribution in [-0.4, -0.2) is 61.1 Å². The Balaban J connectivity index is 1.63. The molecule has 0 aliphatic rings. The second kappa shape index (κ2) is 11.7. The van der Waals surface area contributed by atoms with Crippen LogP contribution in [0.5, 0.6) is 0 Å². The number of pyridine rings is 1. The minimum Gasteiger partial charge on any atom is -0.394 e. The van der Waals surface area contributed by atoms with Gasteiger partial charge in [0.25, 0.3) is 5.91 Å². The largest absolute Gasteiger partial charge is 0.418 e. The summed E-state index contributed by atoms with van der Waals surface area (Å²) in [5, 5.41) is 23.2. The zero-order valence-electron chi connectivity index (χ0n) is 18.6. The van der Waals surface area contributed by atoms with Crippen LogP contribution in [0, 0.1) is 0 Å². The first kappa shape index (κ1) is 27.4. The van der Waals surface area contributed by atoms with Crippen LogP contribution in [0.1, 0.15) is 50.0 Å². The maximum absolute atomic E-state index is 13.0. The van der Waals surface area contributed by atoms with Crippen LogP contribution in [0.3, 0.4) is 0 Å². The molecule has 0 saturated carbocycles. The van der Waals surface area contributed by atoms with Gasteiger partial charge in [0.1, 0.15) is 28.5 Å². The molecule has 0 bridgehead atoms. The van der Waals surface area contributed by atoms with E-state index in [0.717, 1.165) is 17.5 Å². The highest BCUT2D eigenvalue weighted by Crippen LogP contribution is 2.35. The average molecular weight is 545 g/mol. The van der Waals surface area contributed by atoms with Gasteiger partial charge in [-0.2, -0.15) is 13.2 Å². The van der Waals surface area contributed by atoms with Crippen molar-refractivity contribution in [1.29, 1.82) is 0 Å². The third-order valence-electron chi connectivity index (χ3n) is 4.75. The van der Waals surface area contributed by atoms with E-state index in [2.05, 4.69) is 30.6 Å². The van der Waals surface area contributed by atoms with Gasteiger partial charge in [0, 0.05) is 31.1 Å². The molecule has 2 unspecified atom stereocenters. The van der Waals surface area contributed by atoms with Crippen LogP contribution in [0.2, 0.25) is 5.02 Å². The molecule has 0 spiro atoms. The van der Waals surface area contributed by atoms with Gasteiger partial charge in [0.15, 0.2) is 5.78 Å². The van der Waals surface area contributed by atoms with Crippen LogP contribution in [0.4, 0.5) is 24.8 Å². The molecule has 2 atom stereocenters. The van der Waals surface area contributed by atoms with E-state index >= 15 is 0 Å². The van der Waals surface area contributed by atoms with Crippen LogP contribution in [0.25, 0.3) is 0 Å². The van der Waals surface area contributed by atoms with Crippen molar-refractivity contribution in [1.82, 2.24) is 19.9 Å². The number of nitrogens with one attached hydrogen (secondary N) is 2. The van der Waals surface area contributed by atoms with E-state index in [0.29, 0.717) is 16.9 Å². The zero-order valence-corrected chi connectivity index (χ0v) is 20.2. The molecule has 3 rings (SSSR count). The molecule has 36 heavy (non-hydrogen) atoms. The quantitative estimate of drug-likeness (QED) is 0.281. The molecule has 192 valence electrons. The number of halogens is 4. The fourth-order valence-corrected chi connectivity index (χ4v) is 3.96. The Hall–Kier alpha value is -3.20. The zero-order chi connectivity index (χ0) is 26.5. The number of aliphatic hydroxyl groups excluding tert-OH is 2. The standard InChI is InChI=1S/C21H20ClF3N6O4S/c1-10(2-15(34)14-4-17(30-9-29-14)26-5-11(33)8-32)20-28-7-16(36-20)19(35)31-18-3-12(21(23,24)25)13(22)6-27-18/h3-4,6-7,9-11,32-33H,2,5,8H2,1H3,(H,26,29,30)(H,27,31,35). The maximum Gasteiger partial charge on any atom is 0.418 e. The number of amides is 1. The Kier molecular flexibility index (Phi) is 8.89. The number of rotatable bonds is 10. The first-order valence-electron chi connectivity index (χ1n) is 10.4. The Bertz CT molecular complexity index is 1240. The SMILES string of the molecule is CC(CC(=O)c1cc(NCC(O)CO)ncn1)c1ncc(C(=O)Nc2cc(C(F)(F)F)c(Cl)cn2)s1.